The number of aryl methyl sites for hydroxylation is 1. The number of hydrogen-bond donors (Lipinski definition) is 1. The minimum atomic E-state index is -0.603. The van der Waals surface area contributed by atoms with E-state index in [0.29, 0.717) is 0 Å². The zero-order valence-corrected chi connectivity index (χ0v) is 14.0. The molecule has 0 saturated carbocycles. The van der Waals surface area contributed by atoms with Crippen LogP contribution in [0.25, 0.3) is 10.4 Å². The molecule has 1 amide bonds. The van der Waals surface area contributed by atoms with Crippen LogP contribution >= 0.6 is 11.3 Å². The van der Waals surface area contributed by atoms with Gasteiger partial charge in [0.2, 0.25) is 0 Å². The van der Waals surface area contributed by atoms with E-state index in [1.54, 1.807) is 11.3 Å². The van der Waals surface area contributed by atoms with Crippen molar-refractivity contribution in [3.05, 3.63) is 40.8 Å². The van der Waals surface area contributed by atoms with Gasteiger partial charge < -0.3 is 4.74 Å². The molecule has 0 bridgehead atoms. The number of nitrogens with one attached hydrogen (secondary N) is 1. The quantitative estimate of drug-likeness (QED) is 0.802. The van der Waals surface area contributed by atoms with Crippen molar-refractivity contribution in [3.8, 4) is 10.4 Å². The Morgan fingerprint density at radius 1 is 1.27 bits per heavy atom. The highest BCUT2D eigenvalue weighted by Gasteiger charge is 2.33. The van der Waals surface area contributed by atoms with Crippen LogP contribution in [0, 0.1) is 0 Å². The summed E-state index contributed by atoms with van der Waals surface area (Å²) in [7, 11) is 0. The molecule has 2 heterocycles. The summed E-state index contributed by atoms with van der Waals surface area (Å²) in [6, 6.07) is 8.44. The van der Waals surface area contributed by atoms with Gasteiger partial charge in [-0.05, 0) is 61.4 Å². The van der Waals surface area contributed by atoms with Gasteiger partial charge in [-0.2, -0.15) is 0 Å². The van der Waals surface area contributed by atoms with Crippen LogP contribution in [0.5, 0.6) is 0 Å². The van der Waals surface area contributed by atoms with Gasteiger partial charge in [-0.25, -0.2) is 4.79 Å². The van der Waals surface area contributed by atoms with Crippen molar-refractivity contribution in [3.63, 3.8) is 0 Å². The molecule has 0 atom stereocenters. The molecular formula is C18H21NO2S. The number of fused-ring (bicyclic) bond motifs is 1. The summed E-state index contributed by atoms with van der Waals surface area (Å²) in [6.07, 6.45) is 3.14. The van der Waals surface area contributed by atoms with E-state index >= 15 is 0 Å². The Morgan fingerprint density at radius 3 is 2.86 bits per heavy atom. The average Bonchev–Trinajstić information content (AvgIpc) is 2.92. The molecule has 2 aromatic rings. The third-order valence-corrected chi connectivity index (χ3v) is 5.07. The van der Waals surface area contributed by atoms with Crippen LogP contribution < -0.4 is 5.32 Å². The summed E-state index contributed by atoms with van der Waals surface area (Å²) < 4.78 is 5.42. The molecule has 1 aliphatic heterocycles. The molecule has 0 fully saturated rings. The van der Waals surface area contributed by atoms with E-state index in [1.807, 2.05) is 19.9 Å². The van der Waals surface area contributed by atoms with Gasteiger partial charge >= 0.3 is 6.09 Å². The molecule has 0 unspecified atom stereocenters. The van der Waals surface area contributed by atoms with Crippen molar-refractivity contribution in [2.45, 2.75) is 45.6 Å². The first-order chi connectivity index (χ1) is 10.5. The lowest BCUT2D eigenvalue weighted by Gasteiger charge is -2.32. The van der Waals surface area contributed by atoms with Crippen LogP contribution in [0.3, 0.4) is 0 Å². The fraction of sp³-hybridized carbons (Fsp3) is 0.389. The van der Waals surface area contributed by atoms with E-state index in [0.717, 1.165) is 17.7 Å². The maximum Gasteiger partial charge on any atom is 0.412 e. The molecule has 1 aromatic heterocycles. The number of rotatable bonds is 4. The topological polar surface area (TPSA) is 38.3 Å². The van der Waals surface area contributed by atoms with Crippen molar-refractivity contribution in [1.82, 2.24) is 0 Å². The zero-order valence-electron chi connectivity index (χ0n) is 13.2. The molecule has 1 aliphatic rings. The van der Waals surface area contributed by atoms with Gasteiger partial charge in [0, 0.05) is 10.4 Å². The zero-order chi connectivity index (χ0) is 15.7. The highest BCUT2D eigenvalue weighted by atomic mass is 32.1. The van der Waals surface area contributed by atoms with E-state index in [9.17, 15) is 4.79 Å². The molecule has 22 heavy (non-hydrogen) atoms. The molecule has 0 radical (unpaired) electrons. The Kier molecular flexibility index (Phi) is 3.96. The van der Waals surface area contributed by atoms with E-state index in [1.165, 1.54) is 28.8 Å². The minimum absolute atomic E-state index is 0.384. The number of amides is 1. The highest BCUT2D eigenvalue weighted by molar-refractivity contribution is 7.13. The fourth-order valence-corrected chi connectivity index (χ4v) is 3.82. The largest absolute Gasteiger partial charge is 0.438 e. The molecule has 0 spiro atoms. The summed E-state index contributed by atoms with van der Waals surface area (Å²) in [5.41, 5.74) is 3.88. The SMILES string of the molecule is CCCCc1ccsc1-c1ccc2c(c1)C(C)(C)OC(=O)N2. The molecule has 0 saturated heterocycles. The number of thiophene rings is 1. The molecule has 1 N–H and O–H groups in total. The van der Waals surface area contributed by atoms with E-state index in [-0.39, 0.29) is 6.09 Å². The molecule has 4 heteroatoms. The third-order valence-electron chi connectivity index (χ3n) is 4.06. The van der Waals surface area contributed by atoms with Gasteiger partial charge in [-0.3, -0.25) is 5.32 Å². The summed E-state index contributed by atoms with van der Waals surface area (Å²) in [6.45, 7) is 6.08. The summed E-state index contributed by atoms with van der Waals surface area (Å²) in [5, 5.41) is 4.94. The van der Waals surface area contributed by atoms with Gasteiger partial charge in [-0.15, -0.1) is 11.3 Å². The summed E-state index contributed by atoms with van der Waals surface area (Å²) >= 11 is 1.78. The van der Waals surface area contributed by atoms with Crippen LogP contribution in [0.2, 0.25) is 0 Å². The highest BCUT2D eigenvalue weighted by Crippen LogP contribution is 2.40. The maximum atomic E-state index is 11.6. The van der Waals surface area contributed by atoms with Crippen molar-refractivity contribution < 1.29 is 9.53 Å². The standard InChI is InChI=1S/C18H21NO2S/c1-4-5-6-12-9-10-22-16(12)13-7-8-15-14(11-13)18(2,3)21-17(20)19-15/h7-11H,4-6H2,1-3H3,(H,19,20). The van der Waals surface area contributed by atoms with Crippen molar-refractivity contribution in [2.24, 2.45) is 0 Å². The lowest BCUT2D eigenvalue weighted by Crippen LogP contribution is -2.34. The van der Waals surface area contributed by atoms with Gasteiger partial charge in [0.1, 0.15) is 5.60 Å². The van der Waals surface area contributed by atoms with Crippen molar-refractivity contribution >= 4 is 23.1 Å². The molecule has 116 valence electrons. The second kappa shape index (κ2) is 5.76. The first-order valence-corrected chi connectivity index (χ1v) is 8.60. The maximum absolute atomic E-state index is 11.6. The first-order valence-electron chi connectivity index (χ1n) is 7.72. The summed E-state index contributed by atoms with van der Waals surface area (Å²) in [4.78, 5) is 12.9. The molecular weight excluding hydrogens is 294 g/mol. The second-order valence-electron chi connectivity index (χ2n) is 6.16. The lowest BCUT2D eigenvalue weighted by atomic mass is 9.92. The predicted molar refractivity (Wildman–Crippen MR) is 91.5 cm³/mol. The van der Waals surface area contributed by atoms with E-state index < -0.39 is 5.60 Å². The predicted octanol–water partition coefficient (Wildman–Crippen LogP) is 5.55. The average molecular weight is 315 g/mol. The third kappa shape index (κ3) is 2.75. The van der Waals surface area contributed by atoms with Crippen LogP contribution in [-0.2, 0) is 16.8 Å². The Labute approximate surface area is 135 Å². The molecule has 3 rings (SSSR count). The minimum Gasteiger partial charge on any atom is -0.438 e. The van der Waals surface area contributed by atoms with Crippen LogP contribution in [0.4, 0.5) is 10.5 Å². The Bertz CT molecular complexity index is 703. The molecule has 0 aliphatic carbocycles. The monoisotopic (exact) mass is 315 g/mol. The van der Waals surface area contributed by atoms with Crippen molar-refractivity contribution in [2.75, 3.05) is 5.32 Å². The Balaban J connectivity index is 2.01. The Hall–Kier alpha value is -1.81. The Morgan fingerprint density at radius 2 is 2.09 bits per heavy atom. The number of carbonyl (C=O) groups excluding carboxylic acids is 1. The van der Waals surface area contributed by atoms with Gasteiger partial charge in [0.05, 0.1) is 5.69 Å². The molecule has 3 nitrogen and oxygen atoms in total. The van der Waals surface area contributed by atoms with Crippen LogP contribution in [0.15, 0.2) is 29.6 Å². The normalized spacial score (nSPS) is 15.9. The van der Waals surface area contributed by atoms with Crippen LogP contribution in [-0.4, -0.2) is 6.09 Å². The second-order valence-corrected chi connectivity index (χ2v) is 7.08. The van der Waals surface area contributed by atoms with E-state index in [4.69, 9.17) is 4.74 Å². The first kappa shape index (κ1) is 15.1. The number of unbranched alkanes of at least 4 members (excludes halogenated alkanes) is 1. The lowest BCUT2D eigenvalue weighted by molar-refractivity contribution is 0.0421. The van der Waals surface area contributed by atoms with Gasteiger partial charge in [0.25, 0.3) is 0 Å². The number of benzene rings is 1. The fourth-order valence-electron chi connectivity index (χ4n) is 2.87. The van der Waals surface area contributed by atoms with Gasteiger partial charge in [-0.1, -0.05) is 19.4 Å². The number of ether oxygens (including phenoxy) is 1. The van der Waals surface area contributed by atoms with Crippen molar-refractivity contribution in [1.29, 1.82) is 0 Å². The number of anilines is 1. The van der Waals surface area contributed by atoms with Crippen LogP contribution in [0.1, 0.15) is 44.7 Å². The number of hydrogen-bond acceptors (Lipinski definition) is 3. The number of cyclic esters (lactones) is 1. The number of carbonyl (C=O) groups is 1. The smallest absolute Gasteiger partial charge is 0.412 e. The van der Waals surface area contributed by atoms with E-state index in [2.05, 4.69) is 35.8 Å². The van der Waals surface area contributed by atoms with Gasteiger partial charge in [0.15, 0.2) is 0 Å². The summed E-state index contributed by atoms with van der Waals surface area (Å²) in [5.74, 6) is 0. The molecule has 1 aromatic carbocycles.